The van der Waals surface area contributed by atoms with Gasteiger partial charge in [-0.15, -0.1) is 0 Å². The van der Waals surface area contributed by atoms with Gasteiger partial charge in [-0.2, -0.15) is 8.78 Å². The standard InChI is InChI=1S/C29H33F3N4O2/c1-16(18-10-9-11-20(24(18)30)29(31,32)27(3,4)38)33-25-19-14-23-21(15-22(19)34-17(2)35-25)28(26(37)36(23)5)12-7-6-8-13-28/h9-11,14-16,38H,6-8,12-13H2,1-5H3,(H,33,34,35)/t16-/m1/s1. The van der Waals surface area contributed by atoms with Crippen LogP contribution in [0.5, 0.6) is 0 Å². The van der Waals surface area contributed by atoms with E-state index in [1.165, 1.54) is 12.1 Å². The second-order valence-corrected chi connectivity index (χ2v) is 11.2. The molecule has 2 aromatic carbocycles. The predicted molar refractivity (Wildman–Crippen MR) is 141 cm³/mol. The van der Waals surface area contributed by atoms with Crippen molar-refractivity contribution in [1.82, 2.24) is 9.97 Å². The van der Waals surface area contributed by atoms with Gasteiger partial charge in [-0.25, -0.2) is 14.4 Å². The summed E-state index contributed by atoms with van der Waals surface area (Å²) in [6, 6.07) is 6.92. The molecule has 1 saturated carbocycles. The zero-order chi connectivity index (χ0) is 27.6. The van der Waals surface area contributed by atoms with Gasteiger partial charge in [-0.1, -0.05) is 31.4 Å². The van der Waals surface area contributed by atoms with Gasteiger partial charge in [-0.3, -0.25) is 4.79 Å². The molecule has 9 heteroatoms. The van der Waals surface area contributed by atoms with E-state index in [4.69, 9.17) is 0 Å². The first-order chi connectivity index (χ1) is 17.8. The molecule has 1 fully saturated rings. The summed E-state index contributed by atoms with van der Waals surface area (Å²) in [6.07, 6.45) is 4.74. The van der Waals surface area contributed by atoms with E-state index in [0.29, 0.717) is 22.5 Å². The minimum atomic E-state index is -3.79. The van der Waals surface area contributed by atoms with Gasteiger partial charge in [0.2, 0.25) is 5.91 Å². The fraction of sp³-hybridized carbons (Fsp3) is 0.483. The Labute approximate surface area is 220 Å². The maximum atomic E-state index is 15.4. The highest BCUT2D eigenvalue weighted by molar-refractivity contribution is 6.10. The van der Waals surface area contributed by atoms with Crippen LogP contribution in [0.1, 0.15) is 81.4 Å². The van der Waals surface area contributed by atoms with Gasteiger partial charge in [0.05, 0.1) is 22.5 Å². The molecule has 1 aliphatic carbocycles. The molecule has 0 bridgehead atoms. The Kier molecular flexibility index (Phi) is 6.21. The molecule has 6 nitrogen and oxygen atoms in total. The van der Waals surface area contributed by atoms with E-state index in [0.717, 1.165) is 63.3 Å². The summed E-state index contributed by atoms with van der Waals surface area (Å²) >= 11 is 0. The lowest BCUT2D eigenvalue weighted by molar-refractivity contribution is -0.170. The second-order valence-electron chi connectivity index (χ2n) is 11.2. The van der Waals surface area contributed by atoms with E-state index >= 15 is 4.39 Å². The summed E-state index contributed by atoms with van der Waals surface area (Å²) in [5.74, 6) is -3.86. The summed E-state index contributed by atoms with van der Waals surface area (Å²) in [7, 11) is 1.78. The number of hydrogen-bond donors (Lipinski definition) is 2. The van der Waals surface area contributed by atoms with Crippen LogP contribution in [0.15, 0.2) is 30.3 Å². The number of benzene rings is 2. The van der Waals surface area contributed by atoms with Crippen molar-refractivity contribution in [1.29, 1.82) is 0 Å². The van der Waals surface area contributed by atoms with E-state index in [-0.39, 0.29) is 11.5 Å². The summed E-state index contributed by atoms with van der Waals surface area (Å²) in [4.78, 5) is 24.3. The van der Waals surface area contributed by atoms with Crippen molar-refractivity contribution in [2.24, 2.45) is 0 Å². The largest absolute Gasteiger partial charge is 0.384 e. The molecule has 1 atom stereocenters. The number of carbonyl (C=O) groups excluding carboxylic acids is 1. The predicted octanol–water partition coefficient (Wildman–Crippen LogP) is 6.29. The Morgan fingerprint density at radius 3 is 2.47 bits per heavy atom. The van der Waals surface area contributed by atoms with E-state index in [9.17, 15) is 18.7 Å². The molecule has 1 aromatic heterocycles. The summed E-state index contributed by atoms with van der Waals surface area (Å²) in [6.45, 7) is 5.32. The van der Waals surface area contributed by atoms with Crippen molar-refractivity contribution < 1.29 is 23.1 Å². The molecule has 3 aromatic rings. The SMILES string of the molecule is Cc1nc(N[C@H](C)c2cccc(C(F)(F)C(C)(C)O)c2F)c2cc3c(cc2n1)C1(CCCCC1)C(=O)N3C. The van der Waals surface area contributed by atoms with Gasteiger partial charge in [0.1, 0.15) is 23.1 Å². The molecule has 1 spiro atoms. The van der Waals surface area contributed by atoms with Crippen LogP contribution in [0, 0.1) is 12.7 Å². The van der Waals surface area contributed by atoms with Crippen molar-refractivity contribution in [3.05, 3.63) is 58.7 Å². The van der Waals surface area contributed by atoms with Crippen molar-refractivity contribution in [3.63, 3.8) is 0 Å². The third kappa shape index (κ3) is 3.94. The van der Waals surface area contributed by atoms with E-state index in [1.807, 2.05) is 12.1 Å². The number of aryl methyl sites for hydroxylation is 1. The number of fused-ring (bicyclic) bond motifs is 3. The van der Waals surface area contributed by atoms with Crippen LogP contribution in [0.4, 0.5) is 24.7 Å². The van der Waals surface area contributed by atoms with Gasteiger partial charge in [0.15, 0.2) is 0 Å². The Balaban J connectivity index is 1.57. The van der Waals surface area contributed by atoms with Crippen molar-refractivity contribution in [3.8, 4) is 0 Å². The third-order valence-corrected chi connectivity index (χ3v) is 8.18. The van der Waals surface area contributed by atoms with Gasteiger partial charge >= 0.3 is 5.92 Å². The first-order valence-corrected chi connectivity index (χ1v) is 13.0. The fourth-order valence-electron chi connectivity index (χ4n) is 5.97. The monoisotopic (exact) mass is 526 g/mol. The number of nitrogens with zero attached hydrogens (tertiary/aromatic N) is 3. The van der Waals surface area contributed by atoms with Gasteiger partial charge in [-0.05, 0) is 64.3 Å². The maximum absolute atomic E-state index is 15.4. The summed E-state index contributed by atoms with van der Waals surface area (Å²) in [5.41, 5.74) is -1.34. The molecule has 0 radical (unpaired) electrons. The van der Waals surface area contributed by atoms with Crippen LogP contribution in [-0.4, -0.2) is 33.6 Å². The number of amides is 1. The van der Waals surface area contributed by atoms with Crippen LogP contribution in [0.3, 0.4) is 0 Å². The molecule has 2 aliphatic rings. The number of anilines is 2. The average molecular weight is 527 g/mol. The van der Waals surface area contributed by atoms with E-state index in [2.05, 4.69) is 15.3 Å². The van der Waals surface area contributed by atoms with Crippen LogP contribution in [0.2, 0.25) is 0 Å². The normalized spacial score (nSPS) is 18.2. The first-order valence-electron chi connectivity index (χ1n) is 13.0. The van der Waals surface area contributed by atoms with Crippen LogP contribution in [-0.2, 0) is 16.1 Å². The molecule has 0 saturated heterocycles. The minimum absolute atomic E-state index is 0.0189. The Bertz CT molecular complexity index is 1430. The van der Waals surface area contributed by atoms with Gasteiger partial charge in [0, 0.05) is 23.7 Å². The number of likely N-dealkylation sites (N-methyl/N-ethyl adjacent to an activating group) is 1. The van der Waals surface area contributed by atoms with Crippen molar-refractivity contribution >= 4 is 28.3 Å². The first kappa shape index (κ1) is 26.4. The number of hydrogen-bond acceptors (Lipinski definition) is 5. The lowest BCUT2D eigenvalue weighted by Gasteiger charge is -2.32. The molecule has 38 heavy (non-hydrogen) atoms. The highest BCUT2D eigenvalue weighted by Crippen LogP contribution is 2.51. The number of rotatable bonds is 5. The number of nitrogens with one attached hydrogen (secondary N) is 1. The smallest absolute Gasteiger partial charge is 0.303 e. The van der Waals surface area contributed by atoms with E-state index < -0.39 is 34.4 Å². The van der Waals surface area contributed by atoms with Crippen molar-refractivity contribution in [2.75, 3.05) is 17.3 Å². The zero-order valence-corrected chi connectivity index (χ0v) is 22.3. The third-order valence-electron chi connectivity index (χ3n) is 8.18. The molecule has 0 unspecified atom stereocenters. The number of halogens is 3. The molecule has 1 amide bonds. The van der Waals surface area contributed by atoms with Gasteiger partial charge in [0.25, 0.3) is 0 Å². The number of carbonyl (C=O) groups is 1. The fourth-order valence-corrected chi connectivity index (χ4v) is 5.97. The van der Waals surface area contributed by atoms with Crippen molar-refractivity contribution in [2.45, 2.75) is 82.8 Å². The van der Waals surface area contributed by atoms with E-state index in [1.54, 1.807) is 25.8 Å². The van der Waals surface area contributed by atoms with Crippen LogP contribution >= 0.6 is 0 Å². The van der Waals surface area contributed by atoms with Crippen LogP contribution < -0.4 is 10.2 Å². The quantitative estimate of drug-likeness (QED) is 0.409. The molecular weight excluding hydrogens is 493 g/mol. The maximum Gasteiger partial charge on any atom is 0.303 e. The molecule has 1 aliphatic heterocycles. The highest BCUT2D eigenvalue weighted by atomic mass is 19.3. The highest BCUT2D eigenvalue weighted by Gasteiger charge is 2.51. The average Bonchev–Trinajstić information content (AvgIpc) is 3.04. The zero-order valence-electron chi connectivity index (χ0n) is 22.3. The lowest BCUT2D eigenvalue weighted by atomic mass is 9.70. The Morgan fingerprint density at radius 1 is 1.13 bits per heavy atom. The van der Waals surface area contributed by atoms with Crippen LogP contribution in [0.25, 0.3) is 10.9 Å². The minimum Gasteiger partial charge on any atom is -0.384 e. The number of aromatic nitrogens is 2. The molecular formula is C29H33F3N4O2. The lowest BCUT2D eigenvalue weighted by Crippen LogP contribution is -2.41. The molecule has 202 valence electrons. The number of aliphatic hydroxyl groups is 1. The molecule has 5 rings (SSSR count). The number of alkyl halides is 2. The second kappa shape index (κ2) is 8.93. The summed E-state index contributed by atoms with van der Waals surface area (Å²) in [5, 5.41) is 13.8. The van der Waals surface area contributed by atoms with Gasteiger partial charge < -0.3 is 15.3 Å². The Hall–Kier alpha value is -3.20. The molecule has 2 N–H and O–H groups in total. The molecule has 2 heterocycles. The summed E-state index contributed by atoms with van der Waals surface area (Å²) < 4.78 is 45.1. The topological polar surface area (TPSA) is 78.4 Å². The Morgan fingerprint density at radius 2 is 1.82 bits per heavy atom.